The van der Waals surface area contributed by atoms with Gasteiger partial charge in [0.05, 0.1) is 18.8 Å². The second kappa shape index (κ2) is 7.38. The topological polar surface area (TPSA) is 49.8 Å². The van der Waals surface area contributed by atoms with Crippen molar-refractivity contribution in [3.05, 3.63) is 65.7 Å². The normalized spacial score (nSPS) is 18.5. The molecule has 0 spiro atoms. The van der Waals surface area contributed by atoms with Crippen molar-refractivity contribution in [3.8, 4) is 5.75 Å². The summed E-state index contributed by atoms with van der Waals surface area (Å²) in [7, 11) is 1.61. The Morgan fingerprint density at radius 2 is 1.68 bits per heavy atom. The fraction of sp³-hybridized carbons (Fsp3) is 0.381. The lowest BCUT2D eigenvalue weighted by Gasteiger charge is -2.40. The molecule has 0 unspecified atom stereocenters. The molecule has 0 amide bonds. The Kier molecular flexibility index (Phi) is 5.21. The number of ether oxygens (including phenoxy) is 1. The first-order chi connectivity index (χ1) is 12.0. The Labute approximate surface area is 149 Å². The number of carbonyl (C=O) groups is 1. The summed E-state index contributed by atoms with van der Waals surface area (Å²) in [6.45, 7) is 3.35. The third kappa shape index (κ3) is 3.75. The molecule has 1 fully saturated rings. The summed E-state index contributed by atoms with van der Waals surface area (Å²) in [6, 6.07) is 16.8. The van der Waals surface area contributed by atoms with E-state index in [1.807, 2.05) is 61.5 Å². The second-order valence-electron chi connectivity index (χ2n) is 6.70. The summed E-state index contributed by atoms with van der Waals surface area (Å²) in [4.78, 5) is 14.9. The lowest BCUT2D eigenvalue weighted by Crippen LogP contribution is -2.48. The molecule has 1 atom stereocenters. The summed E-state index contributed by atoms with van der Waals surface area (Å²) < 4.78 is 5.14. The van der Waals surface area contributed by atoms with Gasteiger partial charge in [-0.05, 0) is 49.6 Å². The molecular formula is C21H25NO3. The zero-order valence-electron chi connectivity index (χ0n) is 14.8. The van der Waals surface area contributed by atoms with Gasteiger partial charge in [-0.2, -0.15) is 0 Å². The van der Waals surface area contributed by atoms with Crippen LogP contribution in [0, 0.1) is 0 Å². The van der Waals surface area contributed by atoms with Gasteiger partial charge in [0.1, 0.15) is 5.75 Å². The summed E-state index contributed by atoms with van der Waals surface area (Å²) in [5, 5.41) is 10.9. The molecule has 1 aliphatic rings. The van der Waals surface area contributed by atoms with Crippen molar-refractivity contribution in [1.29, 1.82) is 0 Å². The molecule has 0 aliphatic carbocycles. The smallest absolute Gasteiger partial charge is 0.179 e. The first-order valence-electron chi connectivity index (χ1n) is 8.74. The maximum Gasteiger partial charge on any atom is 0.179 e. The fourth-order valence-electron chi connectivity index (χ4n) is 3.48. The molecule has 1 aliphatic heterocycles. The van der Waals surface area contributed by atoms with Crippen LogP contribution in [0.3, 0.4) is 0 Å². The van der Waals surface area contributed by atoms with Crippen LogP contribution in [0.15, 0.2) is 54.6 Å². The van der Waals surface area contributed by atoms with E-state index < -0.39 is 5.60 Å². The van der Waals surface area contributed by atoms with Gasteiger partial charge in [-0.25, -0.2) is 0 Å². The number of piperidine rings is 1. The van der Waals surface area contributed by atoms with Gasteiger partial charge in [-0.3, -0.25) is 9.69 Å². The number of hydrogen-bond donors (Lipinski definition) is 1. The van der Waals surface area contributed by atoms with E-state index in [0.717, 1.165) is 11.3 Å². The van der Waals surface area contributed by atoms with Crippen LogP contribution in [0.2, 0.25) is 0 Å². The van der Waals surface area contributed by atoms with Crippen LogP contribution in [0.25, 0.3) is 0 Å². The van der Waals surface area contributed by atoms with Crippen molar-refractivity contribution >= 4 is 5.78 Å². The van der Waals surface area contributed by atoms with Gasteiger partial charge >= 0.3 is 0 Å². The molecule has 1 saturated heterocycles. The Morgan fingerprint density at radius 3 is 2.24 bits per heavy atom. The number of rotatable bonds is 5. The third-order valence-corrected chi connectivity index (χ3v) is 5.24. The van der Waals surface area contributed by atoms with Gasteiger partial charge in [-0.1, -0.05) is 30.3 Å². The average molecular weight is 339 g/mol. The van der Waals surface area contributed by atoms with Gasteiger partial charge in [0.25, 0.3) is 0 Å². The van der Waals surface area contributed by atoms with Crippen molar-refractivity contribution in [2.45, 2.75) is 31.4 Å². The van der Waals surface area contributed by atoms with Gasteiger partial charge in [0.2, 0.25) is 0 Å². The van der Waals surface area contributed by atoms with Crippen molar-refractivity contribution in [2.75, 3.05) is 20.2 Å². The highest BCUT2D eigenvalue weighted by molar-refractivity contribution is 5.99. The Morgan fingerprint density at radius 1 is 1.08 bits per heavy atom. The molecule has 2 aromatic carbocycles. The van der Waals surface area contributed by atoms with Crippen LogP contribution in [-0.2, 0) is 5.60 Å². The summed E-state index contributed by atoms with van der Waals surface area (Å²) in [5.74, 6) is 0.850. The van der Waals surface area contributed by atoms with Gasteiger partial charge in [0, 0.05) is 18.7 Å². The van der Waals surface area contributed by atoms with Gasteiger partial charge < -0.3 is 9.84 Å². The van der Waals surface area contributed by atoms with E-state index in [2.05, 4.69) is 4.90 Å². The third-order valence-electron chi connectivity index (χ3n) is 5.24. The maximum absolute atomic E-state index is 12.7. The Balaban J connectivity index is 1.64. The Bertz CT molecular complexity index is 704. The zero-order chi connectivity index (χ0) is 17.9. The molecule has 0 bridgehead atoms. The molecule has 0 saturated carbocycles. The molecular weight excluding hydrogens is 314 g/mol. The van der Waals surface area contributed by atoms with Gasteiger partial charge in [0.15, 0.2) is 5.78 Å². The number of likely N-dealkylation sites (tertiary alicyclic amines) is 1. The van der Waals surface area contributed by atoms with Crippen LogP contribution >= 0.6 is 0 Å². The van der Waals surface area contributed by atoms with E-state index in [1.54, 1.807) is 7.11 Å². The number of hydrogen-bond acceptors (Lipinski definition) is 4. The monoisotopic (exact) mass is 339 g/mol. The van der Waals surface area contributed by atoms with Crippen LogP contribution in [0.5, 0.6) is 5.75 Å². The molecule has 2 aromatic rings. The highest BCUT2D eigenvalue weighted by atomic mass is 16.5. The highest BCUT2D eigenvalue weighted by Gasteiger charge is 2.36. The number of methoxy groups -OCH3 is 1. The number of carbonyl (C=O) groups excluding carboxylic acids is 1. The fourth-order valence-corrected chi connectivity index (χ4v) is 3.48. The SMILES string of the molecule is COc1ccc(C(=O)[C@H](C)N2CCC(O)(c3ccccc3)CC2)cc1. The average Bonchev–Trinajstić information content (AvgIpc) is 2.68. The van der Waals surface area contributed by atoms with Crippen molar-refractivity contribution in [2.24, 2.45) is 0 Å². The molecule has 1 heterocycles. The maximum atomic E-state index is 12.7. The van der Waals surface area contributed by atoms with E-state index in [1.165, 1.54) is 0 Å². The minimum atomic E-state index is -0.791. The summed E-state index contributed by atoms with van der Waals surface area (Å²) >= 11 is 0. The quantitative estimate of drug-likeness (QED) is 0.850. The number of ketones is 1. The predicted molar refractivity (Wildman–Crippen MR) is 97.9 cm³/mol. The first kappa shape index (κ1) is 17.6. The lowest BCUT2D eigenvalue weighted by molar-refractivity contribution is -0.0318. The summed E-state index contributed by atoms with van der Waals surface area (Å²) in [5.41, 5.74) is 0.863. The lowest BCUT2D eigenvalue weighted by atomic mass is 9.84. The van der Waals surface area contributed by atoms with Crippen LogP contribution in [-0.4, -0.2) is 42.0 Å². The standard InChI is InChI=1S/C21H25NO3/c1-16(20(23)17-8-10-19(25-2)11-9-17)22-14-12-21(24,13-15-22)18-6-4-3-5-7-18/h3-11,16,24H,12-15H2,1-2H3/t16-/m0/s1. The van der Waals surface area contributed by atoms with Crippen LogP contribution < -0.4 is 4.74 Å². The number of Topliss-reactive ketones (excluding diaryl/α,β-unsaturated/α-hetero) is 1. The molecule has 25 heavy (non-hydrogen) atoms. The minimum absolute atomic E-state index is 0.104. The second-order valence-corrected chi connectivity index (χ2v) is 6.70. The number of benzene rings is 2. The first-order valence-corrected chi connectivity index (χ1v) is 8.74. The van der Waals surface area contributed by atoms with Crippen molar-refractivity contribution in [3.63, 3.8) is 0 Å². The minimum Gasteiger partial charge on any atom is -0.497 e. The molecule has 132 valence electrons. The zero-order valence-corrected chi connectivity index (χ0v) is 14.8. The van der Waals surface area contributed by atoms with Crippen molar-refractivity contribution in [1.82, 2.24) is 4.90 Å². The number of aliphatic hydroxyl groups is 1. The molecule has 3 rings (SSSR count). The predicted octanol–water partition coefficient (Wildman–Crippen LogP) is 3.25. The van der Waals surface area contributed by atoms with E-state index in [0.29, 0.717) is 31.5 Å². The van der Waals surface area contributed by atoms with Crippen molar-refractivity contribution < 1.29 is 14.6 Å². The van der Waals surface area contributed by atoms with Crippen LogP contribution in [0.1, 0.15) is 35.7 Å². The molecule has 0 aromatic heterocycles. The molecule has 1 N–H and O–H groups in total. The molecule has 4 nitrogen and oxygen atoms in total. The van der Waals surface area contributed by atoms with E-state index >= 15 is 0 Å². The van der Waals surface area contributed by atoms with Gasteiger partial charge in [-0.15, -0.1) is 0 Å². The number of nitrogens with zero attached hydrogens (tertiary/aromatic N) is 1. The Hall–Kier alpha value is -2.17. The van der Waals surface area contributed by atoms with E-state index in [-0.39, 0.29) is 11.8 Å². The largest absolute Gasteiger partial charge is 0.497 e. The van der Waals surface area contributed by atoms with E-state index in [4.69, 9.17) is 4.74 Å². The summed E-state index contributed by atoms with van der Waals surface area (Å²) in [6.07, 6.45) is 1.27. The highest BCUT2D eigenvalue weighted by Crippen LogP contribution is 2.33. The molecule has 0 radical (unpaired) electrons. The van der Waals surface area contributed by atoms with Crippen LogP contribution in [0.4, 0.5) is 0 Å². The molecule has 4 heteroatoms. The van der Waals surface area contributed by atoms with E-state index in [9.17, 15) is 9.90 Å².